The van der Waals surface area contributed by atoms with Crippen molar-refractivity contribution < 1.29 is 71.6 Å². The SMILES string of the molecule is COc1ccc(COC[C@H]2O[C@@H](OC[C@H]3O[C@H](O)[C@H](OCc4ccccc4)[C@@H](OCc4ccccc4)[C@@H]3OCc3ccccc3)[C@H](OC(=O)c3ccccc3)[C@@H](OC(=O)c3ccccc3)[C@@H]2OC(=O)c2ccccc2)cc1. The predicted octanol–water partition coefficient (Wildman–Crippen LogP) is 9.10. The van der Waals surface area contributed by atoms with Crippen molar-refractivity contribution in [3.05, 3.63) is 245 Å². The Kier molecular flexibility index (Phi) is 19.3. The van der Waals surface area contributed by atoms with E-state index in [0.29, 0.717) is 5.75 Å². The van der Waals surface area contributed by atoms with Gasteiger partial charge < -0.3 is 57.2 Å². The third kappa shape index (κ3) is 14.9. The average Bonchev–Trinajstić information content (AvgIpc) is 3.49. The number of benzene rings is 7. The van der Waals surface area contributed by atoms with Gasteiger partial charge in [-0.2, -0.15) is 0 Å². The summed E-state index contributed by atoms with van der Waals surface area (Å²) in [6.07, 6.45) is -13.2. The number of carbonyl (C=O) groups is 3. The summed E-state index contributed by atoms with van der Waals surface area (Å²) >= 11 is 0. The lowest BCUT2D eigenvalue weighted by Gasteiger charge is -2.46. The second kappa shape index (κ2) is 27.5. The van der Waals surface area contributed by atoms with E-state index in [9.17, 15) is 19.5 Å². The first-order valence-corrected chi connectivity index (χ1v) is 25.4. The van der Waals surface area contributed by atoms with E-state index in [-0.39, 0.29) is 56.3 Å². The maximum Gasteiger partial charge on any atom is 0.338 e. The Morgan fingerprint density at radius 2 is 0.779 bits per heavy atom. The molecule has 0 unspecified atom stereocenters. The van der Waals surface area contributed by atoms with E-state index in [0.717, 1.165) is 22.3 Å². The molecule has 77 heavy (non-hydrogen) atoms. The number of methoxy groups -OCH3 is 1. The molecule has 7 aromatic rings. The summed E-state index contributed by atoms with van der Waals surface area (Å²) in [4.78, 5) is 42.8. The Morgan fingerprint density at radius 1 is 0.390 bits per heavy atom. The van der Waals surface area contributed by atoms with Crippen LogP contribution >= 0.6 is 0 Å². The van der Waals surface area contributed by atoms with Gasteiger partial charge in [0.2, 0.25) is 0 Å². The first-order valence-electron chi connectivity index (χ1n) is 25.4. The molecule has 0 spiro atoms. The van der Waals surface area contributed by atoms with Gasteiger partial charge in [0.1, 0.15) is 36.3 Å². The van der Waals surface area contributed by atoms with Gasteiger partial charge in [0.25, 0.3) is 0 Å². The quantitative estimate of drug-likeness (QED) is 0.0475. The van der Waals surface area contributed by atoms with Crippen LogP contribution in [0.4, 0.5) is 0 Å². The van der Waals surface area contributed by atoms with Crippen LogP contribution in [0.15, 0.2) is 206 Å². The van der Waals surface area contributed by atoms with Crippen molar-refractivity contribution in [3.8, 4) is 5.75 Å². The van der Waals surface area contributed by atoms with E-state index >= 15 is 0 Å². The smallest absolute Gasteiger partial charge is 0.338 e. The number of aliphatic hydroxyl groups is 1. The van der Waals surface area contributed by atoms with Gasteiger partial charge in [0.05, 0.1) is 63.4 Å². The monoisotopic (exact) mass is 1040 g/mol. The normalized spacial score (nSPS) is 23.0. The summed E-state index contributed by atoms with van der Waals surface area (Å²) in [7, 11) is 1.57. The van der Waals surface area contributed by atoms with Gasteiger partial charge in [-0.3, -0.25) is 0 Å². The molecule has 0 aromatic heterocycles. The summed E-state index contributed by atoms with van der Waals surface area (Å²) in [5.41, 5.74) is 3.88. The van der Waals surface area contributed by atoms with E-state index in [1.54, 1.807) is 110 Å². The molecular weight excluding hydrogens is 985 g/mol. The van der Waals surface area contributed by atoms with Crippen molar-refractivity contribution in [2.75, 3.05) is 20.3 Å². The van der Waals surface area contributed by atoms with Crippen molar-refractivity contribution in [1.82, 2.24) is 0 Å². The lowest BCUT2D eigenvalue weighted by molar-refractivity contribution is -0.337. The second-order valence-corrected chi connectivity index (χ2v) is 18.3. The largest absolute Gasteiger partial charge is 0.497 e. The van der Waals surface area contributed by atoms with Crippen LogP contribution < -0.4 is 4.74 Å². The number of carbonyl (C=O) groups excluding carboxylic acids is 3. The minimum absolute atomic E-state index is 0.0851. The minimum atomic E-state index is -1.62. The van der Waals surface area contributed by atoms with Crippen LogP contribution in [0.1, 0.15) is 53.3 Å². The molecule has 0 radical (unpaired) electrons. The van der Waals surface area contributed by atoms with Gasteiger partial charge in [0.15, 0.2) is 30.9 Å². The molecular formula is C62H60O15. The topological polar surface area (TPSA) is 173 Å². The van der Waals surface area contributed by atoms with Crippen LogP contribution in [-0.2, 0) is 73.8 Å². The molecule has 2 fully saturated rings. The highest BCUT2D eigenvalue weighted by Gasteiger charge is 2.55. The fourth-order valence-electron chi connectivity index (χ4n) is 8.95. The van der Waals surface area contributed by atoms with Crippen molar-refractivity contribution in [3.63, 3.8) is 0 Å². The standard InChI is InChI=1S/C62H60O15/c1-67-49-34-32-45(33-35-49)36-68-40-50-53(75-58(63)46-26-14-5-15-27-46)55(76-59(64)47-28-16-6-17-29-47)57(77-60(65)48-30-18-7-19-31-48)62(74-50)72-41-51-52(69-37-42-20-8-2-9-21-42)54(70-38-43-22-10-3-11-23-43)56(61(66)73-51)71-39-44-24-12-4-13-25-44/h2-35,50-57,61-62,66H,36-41H2,1H3/t50-,51-,52-,53-,54+,55+,56-,57-,61+,62-/m1/s1. The van der Waals surface area contributed by atoms with Crippen LogP contribution in [-0.4, -0.2) is 105 Å². The van der Waals surface area contributed by atoms with Crippen molar-refractivity contribution in [2.45, 2.75) is 87.8 Å². The molecule has 2 aliphatic heterocycles. The molecule has 2 aliphatic rings. The zero-order valence-electron chi connectivity index (χ0n) is 42.3. The van der Waals surface area contributed by atoms with Gasteiger partial charge in [-0.15, -0.1) is 0 Å². The number of aliphatic hydroxyl groups excluding tert-OH is 1. The molecule has 0 aliphatic carbocycles. The Morgan fingerprint density at radius 3 is 1.25 bits per heavy atom. The van der Waals surface area contributed by atoms with Gasteiger partial charge in [-0.1, -0.05) is 158 Å². The summed E-state index contributed by atoms with van der Waals surface area (Å²) in [5.74, 6) is -1.76. The van der Waals surface area contributed by atoms with Gasteiger partial charge >= 0.3 is 17.9 Å². The second-order valence-electron chi connectivity index (χ2n) is 18.3. The third-order valence-corrected chi connectivity index (χ3v) is 12.9. The average molecular weight is 1050 g/mol. The highest BCUT2D eigenvalue weighted by atomic mass is 16.7. The minimum Gasteiger partial charge on any atom is -0.497 e. The zero-order valence-corrected chi connectivity index (χ0v) is 42.3. The number of ether oxygens (including phenoxy) is 11. The van der Waals surface area contributed by atoms with Gasteiger partial charge in [-0.25, -0.2) is 14.4 Å². The lowest BCUT2D eigenvalue weighted by atomic mass is 9.96. The van der Waals surface area contributed by atoms with E-state index in [1.807, 2.05) is 103 Å². The fraction of sp³-hybridized carbons (Fsp3) is 0.274. The molecule has 1 N–H and O–H groups in total. The van der Waals surface area contributed by atoms with E-state index < -0.39 is 79.3 Å². The summed E-state index contributed by atoms with van der Waals surface area (Å²) in [6.45, 7) is -0.188. The maximum absolute atomic E-state index is 14.3. The summed E-state index contributed by atoms with van der Waals surface area (Å²) in [6, 6.07) is 60.6. The third-order valence-electron chi connectivity index (χ3n) is 12.9. The first kappa shape index (κ1) is 54.2. The van der Waals surface area contributed by atoms with Crippen LogP contribution in [0.2, 0.25) is 0 Å². The van der Waals surface area contributed by atoms with Gasteiger partial charge in [0, 0.05) is 0 Å². The molecule has 7 aromatic carbocycles. The molecule has 0 bridgehead atoms. The molecule has 15 heteroatoms. The Bertz CT molecular complexity index is 2880. The maximum atomic E-state index is 14.3. The summed E-state index contributed by atoms with van der Waals surface area (Å²) < 4.78 is 70.5. The van der Waals surface area contributed by atoms with Crippen LogP contribution in [0, 0.1) is 0 Å². The predicted molar refractivity (Wildman–Crippen MR) is 280 cm³/mol. The zero-order chi connectivity index (χ0) is 53.2. The molecule has 0 amide bonds. The van der Waals surface area contributed by atoms with Crippen LogP contribution in [0.25, 0.3) is 0 Å². The lowest BCUT2D eigenvalue weighted by Crippen LogP contribution is -2.64. The van der Waals surface area contributed by atoms with E-state index in [2.05, 4.69) is 0 Å². The van der Waals surface area contributed by atoms with Crippen LogP contribution in [0.5, 0.6) is 5.75 Å². The Labute approximate surface area is 447 Å². The Balaban J connectivity index is 1.08. The summed E-state index contributed by atoms with van der Waals surface area (Å²) in [5, 5.41) is 12.0. The number of esters is 3. The highest BCUT2D eigenvalue weighted by Crippen LogP contribution is 2.35. The van der Waals surface area contributed by atoms with Crippen LogP contribution in [0.3, 0.4) is 0 Å². The molecule has 9 rings (SSSR count). The highest BCUT2D eigenvalue weighted by molar-refractivity contribution is 5.91. The molecule has 2 saturated heterocycles. The molecule has 15 nitrogen and oxygen atoms in total. The van der Waals surface area contributed by atoms with Gasteiger partial charge in [-0.05, 0) is 70.8 Å². The van der Waals surface area contributed by atoms with Crippen molar-refractivity contribution in [2.24, 2.45) is 0 Å². The Hall–Kier alpha value is -7.57. The molecule has 10 atom stereocenters. The molecule has 0 saturated carbocycles. The fourth-order valence-corrected chi connectivity index (χ4v) is 8.95. The number of hydrogen-bond acceptors (Lipinski definition) is 15. The number of rotatable bonds is 23. The van der Waals surface area contributed by atoms with E-state index in [1.165, 1.54) is 0 Å². The molecule has 398 valence electrons. The van der Waals surface area contributed by atoms with E-state index in [4.69, 9.17) is 52.1 Å². The number of hydrogen-bond donors (Lipinski definition) is 1. The first-order chi connectivity index (χ1) is 37.8. The van der Waals surface area contributed by atoms with Crippen molar-refractivity contribution in [1.29, 1.82) is 0 Å². The molecule has 2 heterocycles. The van der Waals surface area contributed by atoms with Crippen molar-refractivity contribution >= 4 is 17.9 Å².